The third-order valence-corrected chi connectivity index (χ3v) is 3.00. The number of nitrogens with one attached hydrogen (secondary N) is 1. The van der Waals surface area contributed by atoms with Crippen LogP contribution in [0.4, 0.5) is 5.69 Å². The Morgan fingerprint density at radius 2 is 2.39 bits per heavy atom. The lowest BCUT2D eigenvalue weighted by Crippen LogP contribution is -2.54. The Kier molecular flexibility index (Phi) is 3.49. The molecule has 0 unspecified atom stereocenters. The van der Waals surface area contributed by atoms with Crippen molar-refractivity contribution in [2.24, 2.45) is 5.41 Å². The number of anilines is 1. The molecule has 94 valence electrons. The lowest BCUT2D eigenvalue weighted by molar-refractivity contribution is -0.180. The zero-order valence-corrected chi connectivity index (χ0v) is 10.1. The van der Waals surface area contributed by atoms with Crippen molar-refractivity contribution in [3.63, 3.8) is 0 Å². The fourth-order valence-corrected chi connectivity index (χ4v) is 1.83. The molecule has 1 N–H and O–H groups in total. The van der Waals surface area contributed by atoms with Crippen molar-refractivity contribution < 1.29 is 14.3 Å². The van der Waals surface area contributed by atoms with E-state index >= 15 is 0 Å². The number of benzene rings is 1. The standard InChI is InChI=1S/C13H14N2O3/c1-17-12(16)13(8-18-9-13)7-15-11-4-2-3-10(5-11)6-14/h2-5,15H,7-9H2,1H3. The fourth-order valence-electron chi connectivity index (χ4n) is 1.83. The Hall–Kier alpha value is -2.06. The number of esters is 1. The molecule has 1 aromatic carbocycles. The number of carbonyl (C=O) groups is 1. The predicted octanol–water partition coefficient (Wildman–Crippen LogP) is 1.16. The molecule has 0 atom stereocenters. The van der Waals surface area contributed by atoms with Gasteiger partial charge in [0, 0.05) is 12.2 Å². The highest BCUT2D eigenvalue weighted by Crippen LogP contribution is 2.29. The molecule has 0 spiro atoms. The predicted molar refractivity (Wildman–Crippen MR) is 64.9 cm³/mol. The van der Waals surface area contributed by atoms with Gasteiger partial charge >= 0.3 is 5.97 Å². The molecular formula is C13H14N2O3. The number of methoxy groups -OCH3 is 1. The summed E-state index contributed by atoms with van der Waals surface area (Å²) in [5.74, 6) is -0.266. The first kappa shape index (κ1) is 12.4. The van der Waals surface area contributed by atoms with Gasteiger partial charge in [0.05, 0.1) is 32.0 Å². The van der Waals surface area contributed by atoms with Crippen LogP contribution in [0.15, 0.2) is 24.3 Å². The van der Waals surface area contributed by atoms with E-state index in [4.69, 9.17) is 14.7 Å². The van der Waals surface area contributed by atoms with Crippen LogP contribution >= 0.6 is 0 Å². The molecule has 0 aliphatic carbocycles. The molecule has 5 heteroatoms. The van der Waals surface area contributed by atoms with Gasteiger partial charge in [-0.15, -0.1) is 0 Å². The third kappa shape index (κ3) is 2.29. The van der Waals surface area contributed by atoms with Gasteiger partial charge in [0.25, 0.3) is 0 Å². The average molecular weight is 246 g/mol. The highest BCUT2D eigenvalue weighted by molar-refractivity contribution is 5.79. The highest BCUT2D eigenvalue weighted by Gasteiger charge is 2.47. The normalized spacial score (nSPS) is 16.2. The Morgan fingerprint density at radius 1 is 1.61 bits per heavy atom. The fraction of sp³-hybridized carbons (Fsp3) is 0.385. The van der Waals surface area contributed by atoms with E-state index in [2.05, 4.69) is 11.4 Å². The van der Waals surface area contributed by atoms with Crippen molar-refractivity contribution in [3.05, 3.63) is 29.8 Å². The first-order valence-electron chi connectivity index (χ1n) is 5.60. The van der Waals surface area contributed by atoms with Crippen LogP contribution in [0.2, 0.25) is 0 Å². The van der Waals surface area contributed by atoms with Crippen LogP contribution in [0.25, 0.3) is 0 Å². The summed E-state index contributed by atoms with van der Waals surface area (Å²) in [6.45, 7) is 1.17. The lowest BCUT2D eigenvalue weighted by Gasteiger charge is -2.38. The molecule has 0 amide bonds. The second kappa shape index (κ2) is 5.07. The van der Waals surface area contributed by atoms with Gasteiger partial charge in [-0.2, -0.15) is 5.26 Å². The molecule has 0 radical (unpaired) electrons. The van der Waals surface area contributed by atoms with Gasteiger partial charge in [0.15, 0.2) is 0 Å². The van der Waals surface area contributed by atoms with Crippen LogP contribution in [-0.4, -0.2) is 32.8 Å². The molecule has 1 heterocycles. The van der Waals surface area contributed by atoms with Crippen molar-refractivity contribution >= 4 is 11.7 Å². The second-order valence-electron chi connectivity index (χ2n) is 4.31. The van der Waals surface area contributed by atoms with Crippen LogP contribution < -0.4 is 5.32 Å². The van der Waals surface area contributed by atoms with E-state index in [1.807, 2.05) is 6.07 Å². The molecule has 1 aliphatic heterocycles. The molecule has 0 aromatic heterocycles. The minimum absolute atomic E-state index is 0.266. The van der Waals surface area contributed by atoms with E-state index in [0.29, 0.717) is 25.3 Å². The van der Waals surface area contributed by atoms with E-state index in [0.717, 1.165) is 5.69 Å². The zero-order chi connectivity index (χ0) is 13.0. The summed E-state index contributed by atoms with van der Waals surface area (Å²) in [5, 5.41) is 11.9. The molecule has 0 bridgehead atoms. The third-order valence-electron chi connectivity index (χ3n) is 3.00. The maximum atomic E-state index is 11.7. The number of hydrogen-bond acceptors (Lipinski definition) is 5. The van der Waals surface area contributed by atoms with E-state index in [1.165, 1.54) is 7.11 Å². The first-order valence-corrected chi connectivity index (χ1v) is 5.60. The summed E-state index contributed by atoms with van der Waals surface area (Å²) in [4.78, 5) is 11.7. The number of hydrogen-bond donors (Lipinski definition) is 1. The van der Waals surface area contributed by atoms with Crippen molar-refractivity contribution in [2.75, 3.05) is 32.2 Å². The number of ether oxygens (including phenoxy) is 2. The van der Waals surface area contributed by atoms with Crippen LogP contribution in [0.1, 0.15) is 5.56 Å². The Balaban J connectivity index is 2.02. The second-order valence-corrected chi connectivity index (χ2v) is 4.31. The molecule has 1 aromatic rings. The quantitative estimate of drug-likeness (QED) is 0.807. The van der Waals surface area contributed by atoms with Gasteiger partial charge in [0.1, 0.15) is 5.41 Å². The maximum Gasteiger partial charge on any atom is 0.318 e. The van der Waals surface area contributed by atoms with E-state index in [1.54, 1.807) is 18.2 Å². The molecule has 5 nitrogen and oxygen atoms in total. The Bertz CT molecular complexity index is 489. The molecular weight excluding hydrogens is 232 g/mol. The van der Waals surface area contributed by atoms with Gasteiger partial charge < -0.3 is 14.8 Å². The van der Waals surface area contributed by atoms with E-state index < -0.39 is 5.41 Å². The summed E-state index contributed by atoms with van der Waals surface area (Å²) < 4.78 is 9.88. The molecule has 18 heavy (non-hydrogen) atoms. The van der Waals surface area contributed by atoms with Gasteiger partial charge in [0.2, 0.25) is 0 Å². The first-order chi connectivity index (χ1) is 8.70. The van der Waals surface area contributed by atoms with Crippen LogP contribution in [-0.2, 0) is 14.3 Å². The molecule has 0 saturated carbocycles. The van der Waals surface area contributed by atoms with Gasteiger partial charge in [-0.3, -0.25) is 4.79 Å². The monoisotopic (exact) mass is 246 g/mol. The van der Waals surface area contributed by atoms with Crippen molar-refractivity contribution in [1.29, 1.82) is 5.26 Å². The topological polar surface area (TPSA) is 71.3 Å². The Morgan fingerprint density at radius 3 is 2.94 bits per heavy atom. The number of nitriles is 1. The highest BCUT2D eigenvalue weighted by atomic mass is 16.5. The summed E-state index contributed by atoms with van der Waals surface area (Å²) in [6, 6.07) is 9.19. The van der Waals surface area contributed by atoms with Crippen LogP contribution in [0, 0.1) is 16.7 Å². The molecule has 1 saturated heterocycles. The van der Waals surface area contributed by atoms with Crippen LogP contribution in [0.3, 0.4) is 0 Å². The SMILES string of the molecule is COC(=O)C1(CNc2cccc(C#N)c2)COC1. The minimum Gasteiger partial charge on any atom is -0.468 e. The molecule has 1 fully saturated rings. The smallest absolute Gasteiger partial charge is 0.318 e. The van der Waals surface area contributed by atoms with Gasteiger partial charge in [-0.05, 0) is 18.2 Å². The number of nitrogens with zero attached hydrogens (tertiary/aromatic N) is 1. The minimum atomic E-state index is -0.600. The van der Waals surface area contributed by atoms with Crippen molar-refractivity contribution in [3.8, 4) is 6.07 Å². The number of rotatable bonds is 4. The average Bonchev–Trinajstić information content (AvgIpc) is 2.37. The Labute approximate surface area is 105 Å². The molecule has 1 aliphatic rings. The van der Waals surface area contributed by atoms with Crippen molar-refractivity contribution in [2.45, 2.75) is 0 Å². The summed E-state index contributed by atoms with van der Waals surface area (Å²) in [6.07, 6.45) is 0. The largest absolute Gasteiger partial charge is 0.468 e. The molecule has 2 rings (SSSR count). The maximum absolute atomic E-state index is 11.7. The summed E-state index contributed by atoms with van der Waals surface area (Å²) in [5.41, 5.74) is 0.790. The number of carbonyl (C=O) groups excluding carboxylic acids is 1. The van der Waals surface area contributed by atoms with E-state index in [9.17, 15) is 4.79 Å². The van der Waals surface area contributed by atoms with Gasteiger partial charge in [-0.25, -0.2) is 0 Å². The summed E-state index contributed by atoms with van der Waals surface area (Å²) >= 11 is 0. The van der Waals surface area contributed by atoms with Crippen LogP contribution in [0.5, 0.6) is 0 Å². The zero-order valence-electron chi connectivity index (χ0n) is 10.1. The van der Waals surface area contributed by atoms with Crippen molar-refractivity contribution in [1.82, 2.24) is 0 Å². The van der Waals surface area contributed by atoms with Gasteiger partial charge in [-0.1, -0.05) is 6.07 Å². The van der Waals surface area contributed by atoms with E-state index in [-0.39, 0.29) is 5.97 Å². The summed E-state index contributed by atoms with van der Waals surface area (Å²) in [7, 11) is 1.37. The lowest BCUT2D eigenvalue weighted by atomic mass is 9.86.